The van der Waals surface area contributed by atoms with Gasteiger partial charge in [-0.15, -0.1) is 0 Å². The van der Waals surface area contributed by atoms with E-state index in [9.17, 15) is 0 Å². The van der Waals surface area contributed by atoms with E-state index in [1.807, 2.05) is 12.3 Å². The van der Waals surface area contributed by atoms with Crippen LogP contribution in [-0.4, -0.2) is 24.6 Å². The van der Waals surface area contributed by atoms with Gasteiger partial charge in [0.2, 0.25) is 0 Å². The standard InChI is InChI=1S/C17H21N3/c1-2-6-15(7-3-1)17(16-8-4-5-10-19-16)20-13-14-9-11-18-12-14/h1-8,10,14,17-18,20H,9,11-13H2. The maximum absolute atomic E-state index is 4.52. The van der Waals surface area contributed by atoms with E-state index < -0.39 is 0 Å². The van der Waals surface area contributed by atoms with Crippen molar-refractivity contribution in [3.8, 4) is 0 Å². The molecule has 2 heterocycles. The Balaban J connectivity index is 1.76. The van der Waals surface area contributed by atoms with Crippen molar-refractivity contribution in [2.45, 2.75) is 12.5 Å². The van der Waals surface area contributed by atoms with Crippen LogP contribution in [0.5, 0.6) is 0 Å². The molecule has 0 radical (unpaired) electrons. The monoisotopic (exact) mass is 267 g/mol. The van der Waals surface area contributed by atoms with Crippen LogP contribution in [-0.2, 0) is 0 Å². The first-order valence-corrected chi connectivity index (χ1v) is 7.33. The number of benzene rings is 1. The number of hydrogen-bond donors (Lipinski definition) is 2. The Morgan fingerprint density at radius 3 is 2.70 bits per heavy atom. The van der Waals surface area contributed by atoms with E-state index in [1.165, 1.54) is 12.0 Å². The highest BCUT2D eigenvalue weighted by molar-refractivity contribution is 5.27. The first-order valence-electron chi connectivity index (χ1n) is 7.33. The summed E-state index contributed by atoms with van der Waals surface area (Å²) >= 11 is 0. The van der Waals surface area contributed by atoms with Gasteiger partial charge in [-0.3, -0.25) is 4.98 Å². The molecular formula is C17H21N3. The van der Waals surface area contributed by atoms with Gasteiger partial charge in [0.05, 0.1) is 11.7 Å². The molecule has 1 fully saturated rings. The summed E-state index contributed by atoms with van der Waals surface area (Å²) in [6, 6.07) is 16.9. The maximum Gasteiger partial charge on any atom is 0.0751 e. The molecule has 1 aromatic heterocycles. The summed E-state index contributed by atoms with van der Waals surface area (Å²) in [6.07, 6.45) is 3.13. The zero-order valence-corrected chi connectivity index (χ0v) is 11.6. The minimum atomic E-state index is 0.179. The van der Waals surface area contributed by atoms with Crippen LogP contribution in [0, 0.1) is 5.92 Å². The van der Waals surface area contributed by atoms with Gasteiger partial charge in [0.15, 0.2) is 0 Å². The highest BCUT2D eigenvalue weighted by Crippen LogP contribution is 2.20. The van der Waals surface area contributed by atoms with Crippen LogP contribution in [0.1, 0.15) is 23.7 Å². The summed E-state index contributed by atoms with van der Waals surface area (Å²) in [5.74, 6) is 0.727. The largest absolute Gasteiger partial charge is 0.316 e. The van der Waals surface area contributed by atoms with Gasteiger partial charge < -0.3 is 10.6 Å². The number of nitrogens with zero attached hydrogens (tertiary/aromatic N) is 1. The topological polar surface area (TPSA) is 37.0 Å². The molecule has 20 heavy (non-hydrogen) atoms. The molecule has 1 aliphatic heterocycles. The summed E-state index contributed by atoms with van der Waals surface area (Å²) in [5, 5.41) is 7.11. The molecule has 3 nitrogen and oxygen atoms in total. The fourth-order valence-corrected chi connectivity index (χ4v) is 2.76. The van der Waals surface area contributed by atoms with Crippen molar-refractivity contribution < 1.29 is 0 Å². The Kier molecular flexibility index (Phi) is 4.41. The second-order valence-electron chi connectivity index (χ2n) is 5.37. The van der Waals surface area contributed by atoms with E-state index in [1.54, 1.807) is 0 Å². The Hall–Kier alpha value is -1.71. The van der Waals surface area contributed by atoms with Gasteiger partial charge in [0.1, 0.15) is 0 Å². The van der Waals surface area contributed by atoms with Gasteiger partial charge in [-0.05, 0) is 43.1 Å². The number of hydrogen-bond acceptors (Lipinski definition) is 3. The van der Waals surface area contributed by atoms with Crippen molar-refractivity contribution in [3.05, 3.63) is 66.0 Å². The average Bonchev–Trinajstić information content (AvgIpc) is 3.03. The Labute approximate surface area is 120 Å². The Bertz CT molecular complexity index is 467. The van der Waals surface area contributed by atoms with Crippen molar-refractivity contribution in [3.63, 3.8) is 0 Å². The lowest BCUT2D eigenvalue weighted by atomic mass is 10.0. The molecule has 0 saturated carbocycles. The van der Waals surface area contributed by atoms with Crippen LogP contribution in [0.15, 0.2) is 54.7 Å². The van der Waals surface area contributed by atoms with Crippen LogP contribution in [0.4, 0.5) is 0 Å². The molecule has 0 bridgehead atoms. The first-order chi connectivity index (χ1) is 9.93. The summed E-state index contributed by atoms with van der Waals surface area (Å²) in [5.41, 5.74) is 2.36. The Morgan fingerprint density at radius 1 is 1.15 bits per heavy atom. The molecule has 0 aliphatic carbocycles. The van der Waals surface area contributed by atoms with E-state index in [-0.39, 0.29) is 6.04 Å². The Morgan fingerprint density at radius 2 is 2.00 bits per heavy atom. The molecule has 1 aliphatic rings. The summed E-state index contributed by atoms with van der Waals surface area (Å²) < 4.78 is 0. The average molecular weight is 267 g/mol. The highest BCUT2D eigenvalue weighted by Gasteiger charge is 2.19. The number of aromatic nitrogens is 1. The number of rotatable bonds is 5. The van der Waals surface area contributed by atoms with Crippen molar-refractivity contribution in [1.29, 1.82) is 0 Å². The number of pyridine rings is 1. The summed E-state index contributed by atoms with van der Waals surface area (Å²) in [6.45, 7) is 3.30. The maximum atomic E-state index is 4.52. The third kappa shape index (κ3) is 3.24. The fraction of sp³-hybridized carbons (Fsp3) is 0.353. The van der Waals surface area contributed by atoms with Gasteiger partial charge in [0.25, 0.3) is 0 Å². The molecule has 104 valence electrons. The summed E-state index contributed by atoms with van der Waals surface area (Å²) in [4.78, 5) is 4.52. The van der Waals surface area contributed by atoms with Gasteiger partial charge >= 0.3 is 0 Å². The molecule has 2 aromatic rings. The highest BCUT2D eigenvalue weighted by atomic mass is 15.0. The van der Waals surface area contributed by atoms with Crippen LogP contribution < -0.4 is 10.6 Å². The molecule has 1 aromatic carbocycles. The molecular weight excluding hydrogens is 246 g/mol. The van der Waals surface area contributed by atoms with Crippen LogP contribution in [0.2, 0.25) is 0 Å². The normalized spacial score (nSPS) is 19.9. The molecule has 0 amide bonds. The number of nitrogens with one attached hydrogen (secondary N) is 2. The molecule has 2 N–H and O–H groups in total. The molecule has 1 saturated heterocycles. The van der Waals surface area contributed by atoms with Gasteiger partial charge in [-0.25, -0.2) is 0 Å². The summed E-state index contributed by atoms with van der Waals surface area (Å²) in [7, 11) is 0. The predicted molar refractivity (Wildman–Crippen MR) is 81.5 cm³/mol. The van der Waals surface area contributed by atoms with Gasteiger partial charge in [-0.2, -0.15) is 0 Å². The van der Waals surface area contributed by atoms with E-state index in [4.69, 9.17) is 0 Å². The lowest BCUT2D eigenvalue weighted by Crippen LogP contribution is -2.29. The third-order valence-electron chi connectivity index (χ3n) is 3.89. The van der Waals surface area contributed by atoms with Crippen LogP contribution >= 0.6 is 0 Å². The van der Waals surface area contributed by atoms with E-state index >= 15 is 0 Å². The third-order valence-corrected chi connectivity index (χ3v) is 3.89. The lowest BCUT2D eigenvalue weighted by molar-refractivity contribution is 0.478. The zero-order valence-electron chi connectivity index (χ0n) is 11.6. The fourth-order valence-electron chi connectivity index (χ4n) is 2.76. The second kappa shape index (κ2) is 6.64. The molecule has 3 rings (SSSR count). The molecule has 3 heteroatoms. The SMILES string of the molecule is c1ccc(C(NCC2CCNC2)c2ccccn2)cc1. The van der Waals surface area contributed by atoms with E-state index in [0.717, 1.165) is 31.2 Å². The lowest BCUT2D eigenvalue weighted by Gasteiger charge is -2.21. The van der Waals surface area contributed by atoms with E-state index in [2.05, 4.69) is 58.1 Å². The van der Waals surface area contributed by atoms with E-state index in [0.29, 0.717) is 0 Å². The first kappa shape index (κ1) is 13.3. The second-order valence-corrected chi connectivity index (χ2v) is 5.37. The van der Waals surface area contributed by atoms with Gasteiger partial charge in [-0.1, -0.05) is 36.4 Å². The van der Waals surface area contributed by atoms with Crippen molar-refractivity contribution in [2.24, 2.45) is 5.92 Å². The molecule has 0 spiro atoms. The van der Waals surface area contributed by atoms with Crippen molar-refractivity contribution in [1.82, 2.24) is 15.6 Å². The van der Waals surface area contributed by atoms with Gasteiger partial charge in [0, 0.05) is 12.7 Å². The van der Waals surface area contributed by atoms with Crippen molar-refractivity contribution >= 4 is 0 Å². The smallest absolute Gasteiger partial charge is 0.0751 e. The molecule has 2 atom stereocenters. The zero-order chi connectivity index (χ0) is 13.6. The van der Waals surface area contributed by atoms with Crippen LogP contribution in [0.3, 0.4) is 0 Å². The van der Waals surface area contributed by atoms with Crippen LogP contribution in [0.25, 0.3) is 0 Å². The quantitative estimate of drug-likeness (QED) is 0.873. The minimum absolute atomic E-state index is 0.179. The molecule has 2 unspecified atom stereocenters. The minimum Gasteiger partial charge on any atom is -0.316 e. The predicted octanol–water partition coefficient (Wildman–Crippen LogP) is 2.37. The van der Waals surface area contributed by atoms with Crippen molar-refractivity contribution in [2.75, 3.05) is 19.6 Å².